The van der Waals surface area contributed by atoms with Crippen LogP contribution < -0.4 is 0 Å². The van der Waals surface area contributed by atoms with Crippen molar-refractivity contribution < 1.29 is 5.11 Å². The minimum Gasteiger partial charge on any atom is -0.388 e. The monoisotopic (exact) mass is 278 g/mol. The number of hydrogen-bond donors (Lipinski definition) is 1. The molecule has 0 saturated heterocycles. The molecule has 82 valence electrons. The van der Waals surface area contributed by atoms with Crippen molar-refractivity contribution in [3.05, 3.63) is 58.3 Å². The van der Waals surface area contributed by atoms with E-state index in [1.54, 1.807) is 18.5 Å². The smallest absolute Gasteiger partial charge is 0.0846 e. The van der Waals surface area contributed by atoms with Crippen molar-refractivity contribution in [1.29, 1.82) is 0 Å². The number of aliphatic hydroxyl groups is 1. The highest BCUT2D eigenvalue weighted by Crippen LogP contribution is 2.19. The van der Waals surface area contributed by atoms with Crippen molar-refractivity contribution in [3.63, 3.8) is 0 Å². The van der Waals surface area contributed by atoms with E-state index in [2.05, 4.69) is 26.1 Å². The fourth-order valence-corrected chi connectivity index (χ4v) is 1.95. The topological polar surface area (TPSA) is 46.0 Å². The molecular formula is C12H11BrN2O. The molecular weight excluding hydrogens is 268 g/mol. The van der Waals surface area contributed by atoms with E-state index >= 15 is 0 Å². The molecule has 3 nitrogen and oxygen atoms in total. The Labute approximate surface area is 102 Å². The molecule has 0 aliphatic carbocycles. The van der Waals surface area contributed by atoms with Gasteiger partial charge in [0.2, 0.25) is 0 Å². The molecule has 0 aliphatic heterocycles. The molecule has 0 spiro atoms. The van der Waals surface area contributed by atoms with Crippen molar-refractivity contribution in [2.45, 2.75) is 12.5 Å². The fourth-order valence-electron chi connectivity index (χ4n) is 1.50. The fraction of sp³-hybridized carbons (Fsp3) is 0.167. The molecule has 0 bridgehead atoms. The zero-order valence-electron chi connectivity index (χ0n) is 8.55. The lowest BCUT2D eigenvalue weighted by Crippen LogP contribution is -2.02. The summed E-state index contributed by atoms with van der Waals surface area (Å²) >= 11 is 3.40. The molecule has 4 heteroatoms. The zero-order valence-corrected chi connectivity index (χ0v) is 10.1. The average Bonchev–Trinajstić information content (AvgIpc) is 2.30. The number of benzene rings is 1. The molecule has 0 amide bonds. The van der Waals surface area contributed by atoms with Crippen LogP contribution in [0.5, 0.6) is 0 Å². The van der Waals surface area contributed by atoms with Crippen LogP contribution in [-0.2, 0) is 6.42 Å². The summed E-state index contributed by atoms with van der Waals surface area (Å²) < 4.78 is 1.02. The standard InChI is InChI=1S/C12H11BrN2O/c13-11-3-1-2-9(6-11)7-12(16)10-4-5-14-15-8-10/h1-6,8,12,16H,7H2. The summed E-state index contributed by atoms with van der Waals surface area (Å²) in [6.45, 7) is 0. The first-order chi connectivity index (χ1) is 7.75. The Hall–Kier alpha value is -1.26. The number of halogens is 1. The van der Waals surface area contributed by atoms with Gasteiger partial charge >= 0.3 is 0 Å². The highest BCUT2D eigenvalue weighted by molar-refractivity contribution is 9.10. The molecule has 1 N–H and O–H groups in total. The minimum absolute atomic E-state index is 0.537. The molecule has 1 aromatic carbocycles. The second-order valence-corrected chi connectivity index (χ2v) is 4.44. The molecule has 2 rings (SSSR count). The number of aromatic nitrogens is 2. The van der Waals surface area contributed by atoms with E-state index < -0.39 is 6.10 Å². The van der Waals surface area contributed by atoms with Crippen LogP contribution >= 0.6 is 15.9 Å². The second-order valence-electron chi connectivity index (χ2n) is 3.53. The van der Waals surface area contributed by atoms with Crippen molar-refractivity contribution in [1.82, 2.24) is 10.2 Å². The molecule has 1 atom stereocenters. The van der Waals surface area contributed by atoms with Crippen LogP contribution in [0.25, 0.3) is 0 Å². The van der Waals surface area contributed by atoms with Crippen molar-refractivity contribution >= 4 is 15.9 Å². The maximum atomic E-state index is 9.98. The molecule has 0 fully saturated rings. The first-order valence-electron chi connectivity index (χ1n) is 4.95. The maximum absolute atomic E-state index is 9.98. The van der Waals surface area contributed by atoms with Crippen LogP contribution in [0.3, 0.4) is 0 Å². The third kappa shape index (κ3) is 2.87. The molecule has 0 saturated carbocycles. The van der Waals surface area contributed by atoms with Crippen LogP contribution in [0.2, 0.25) is 0 Å². The Balaban J connectivity index is 2.11. The van der Waals surface area contributed by atoms with Gasteiger partial charge in [-0.2, -0.15) is 10.2 Å². The molecule has 0 aliphatic rings. The van der Waals surface area contributed by atoms with Crippen LogP contribution in [0.1, 0.15) is 17.2 Å². The van der Waals surface area contributed by atoms with Gasteiger partial charge in [0.25, 0.3) is 0 Å². The summed E-state index contributed by atoms with van der Waals surface area (Å²) in [5, 5.41) is 17.4. The van der Waals surface area contributed by atoms with Gasteiger partial charge in [0.05, 0.1) is 12.3 Å². The summed E-state index contributed by atoms with van der Waals surface area (Å²) in [7, 11) is 0. The normalized spacial score (nSPS) is 12.4. The quantitative estimate of drug-likeness (QED) is 0.939. The first-order valence-corrected chi connectivity index (χ1v) is 5.74. The minimum atomic E-state index is -0.537. The average molecular weight is 279 g/mol. The number of aliphatic hydroxyl groups excluding tert-OH is 1. The highest BCUT2D eigenvalue weighted by atomic mass is 79.9. The second kappa shape index (κ2) is 5.18. The molecule has 0 radical (unpaired) electrons. The van der Waals surface area contributed by atoms with E-state index in [0.29, 0.717) is 6.42 Å². The lowest BCUT2D eigenvalue weighted by atomic mass is 10.0. The van der Waals surface area contributed by atoms with E-state index in [-0.39, 0.29) is 0 Å². The molecule has 1 unspecified atom stereocenters. The van der Waals surface area contributed by atoms with Crippen LogP contribution in [0.15, 0.2) is 47.2 Å². The summed E-state index contributed by atoms with van der Waals surface area (Å²) in [6, 6.07) is 9.68. The summed E-state index contributed by atoms with van der Waals surface area (Å²) in [5.74, 6) is 0. The largest absolute Gasteiger partial charge is 0.388 e. The predicted molar refractivity (Wildman–Crippen MR) is 64.8 cm³/mol. The summed E-state index contributed by atoms with van der Waals surface area (Å²) in [5.41, 5.74) is 1.87. The van der Waals surface area contributed by atoms with Gasteiger partial charge in [-0.05, 0) is 23.8 Å². The lowest BCUT2D eigenvalue weighted by Gasteiger charge is -2.10. The van der Waals surface area contributed by atoms with Crippen molar-refractivity contribution in [2.75, 3.05) is 0 Å². The summed E-state index contributed by atoms with van der Waals surface area (Å²) in [4.78, 5) is 0. The van der Waals surface area contributed by atoms with Gasteiger partial charge in [0.1, 0.15) is 0 Å². The Kier molecular flexibility index (Phi) is 3.64. The van der Waals surface area contributed by atoms with Crippen LogP contribution in [0, 0.1) is 0 Å². The predicted octanol–water partition coefficient (Wildman–Crippen LogP) is 2.52. The first kappa shape index (κ1) is 11.2. The summed E-state index contributed by atoms with van der Waals surface area (Å²) in [6.07, 6.45) is 3.21. The maximum Gasteiger partial charge on any atom is 0.0846 e. The van der Waals surface area contributed by atoms with Gasteiger partial charge in [-0.1, -0.05) is 28.1 Å². The van der Waals surface area contributed by atoms with Gasteiger partial charge in [-0.15, -0.1) is 0 Å². The van der Waals surface area contributed by atoms with Gasteiger partial charge < -0.3 is 5.11 Å². The lowest BCUT2D eigenvalue weighted by molar-refractivity contribution is 0.178. The highest BCUT2D eigenvalue weighted by Gasteiger charge is 2.08. The van der Waals surface area contributed by atoms with Gasteiger partial charge in [-0.25, -0.2) is 0 Å². The zero-order chi connectivity index (χ0) is 11.4. The Morgan fingerprint density at radius 3 is 2.81 bits per heavy atom. The van der Waals surface area contributed by atoms with Crippen LogP contribution in [-0.4, -0.2) is 15.3 Å². The number of rotatable bonds is 3. The van der Waals surface area contributed by atoms with E-state index in [9.17, 15) is 5.11 Å². The number of hydrogen-bond acceptors (Lipinski definition) is 3. The molecule has 16 heavy (non-hydrogen) atoms. The van der Waals surface area contributed by atoms with Gasteiger partial charge in [-0.3, -0.25) is 0 Å². The molecule has 1 heterocycles. The van der Waals surface area contributed by atoms with Crippen molar-refractivity contribution in [2.24, 2.45) is 0 Å². The van der Waals surface area contributed by atoms with E-state index in [1.807, 2.05) is 24.3 Å². The Morgan fingerprint density at radius 1 is 1.25 bits per heavy atom. The van der Waals surface area contributed by atoms with E-state index in [4.69, 9.17) is 0 Å². The van der Waals surface area contributed by atoms with Gasteiger partial charge in [0, 0.05) is 22.7 Å². The van der Waals surface area contributed by atoms with Crippen molar-refractivity contribution in [3.8, 4) is 0 Å². The van der Waals surface area contributed by atoms with Gasteiger partial charge in [0.15, 0.2) is 0 Å². The van der Waals surface area contributed by atoms with E-state index in [0.717, 1.165) is 15.6 Å². The Bertz CT molecular complexity index is 462. The number of nitrogens with zero attached hydrogens (tertiary/aromatic N) is 2. The third-order valence-corrected chi connectivity index (χ3v) is 2.80. The SMILES string of the molecule is OC(Cc1cccc(Br)c1)c1ccnnc1. The molecule has 2 aromatic rings. The van der Waals surface area contributed by atoms with E-state index in [1.165, 1.54) is 0 Å². The Morgan fingerprint density at radius 2 is 2.12 bits per heavy atom. The third-order valence-electron chi connectivity index (χ3n) is 2.31. The molecule has 1 aromatic heterocycles. The van der Waals surface area contributed by atoms with Crippen LogP contribution in [0.4, 0.5) is 0 Å².